The highest BCUT2D eigenvalue weighted by atomic mass is 16.5. The van der Waals surface area contributed by atoms with E-state index in [0.29, 0.717) is 18.0 Å². The summed E-state index contributed by atoms with van der Waals surface area (Å²) in [6.45, 7) is 0.529. The molecule has 0 spiro atoms. The van der Waals surface area contributed by atoms with Crippen molar-refractivity contribution in [2.24, 2.45) is 10.2 Å². The molecular weight excluding hydrogens is 268 g/mol. The van der Waals surface area contributed by atoms with Crippen molar-refractivity contribution < 1.29 is 4.74 Å². The van der Waals surface area contributed by atoms with Gasteiger partial charge in [-0.05, 0) is 40.9 Å². The molecule has 7 heteroatoms. The quantitative estimate of drug-likeness (QED) is 0.405. The van der Waals surface area contributed by atoms with Crippen LogP contribution in [0.5, 0.6) is 5.75 Å². The molecule has 0 fully saturated rings. The van der Waals surface area contributed by atoms with Crippen molar-refractivity contribution in [1.29, 1.82) is 0 Å². The molecule has 0 aliphatic carbocycles. The highest BCUT2D eigenvalue weighted by molar-refractivity contribution is 5.41. The van der Waals surface area contributed by atoms with E-state index in [0.717, 1.165) is 17.7 Å². The zero-order valence-corrected chi connectivity index (χ0v) is 11.1. The lowest BCUT2D eigenvalue weighted by atomic mass is 10.1. The van der Waals surface area contributed by atoms with E-state index in [1.165, 1.54) is 0 Å². The molecule has 2 rings (SSSR count). The Balaban J connectivity index is 1.85. The van der Waals surface area contributed by atoms with Crippen LogP contribution in [0.1, 0.15) is 5.56 Å². The predicted molar refractivity (Wildman–Crippen MR) is 79.7 cm³/mol. The molecule has 7 nitrogen and oxygen atoms in total. The van der Waals surface area contributed by atoms with Gasteiger partial charge in [-0.3, -0.25) is 0 Å². The average Bonchev–Trinajstić information content (AvgIpc) is 2.51. The van der Waals surface area contributed by atoms with E-state index in [1.807, 2.05) is 12.1 Å². The molecule has 0 heterocycles. The number of azide groups is 2. The third-order valence-corrected chi connectivity index (χ3v) is 2.75. The Labute approximate surface area is 121 Å². The van der Waals surface area contributed by atoms with Gasteiger partial charge >= 0.3 is 0 Å². The minimum absolute atomic E-state index is 0.529. The van der Waals surface area contributed by atoms with Gasteiger partial charge in [0.05, 0.1) is 6.61 Å². The van der Waals surface area contributed by atoms with Crippen molar-refractivity contribution in [3.8, 4) is 5.75 Å². The van der Waals surface area contributed by atoms with Crippen LogP contribution in [0.4, 0.5) is 11.4 Å². The summed E-state index contributed by atoms with van der Waals surface area (Å²) in [5.74, 6) is 0.720. The average molecular weight is 280 g/mol. The van der Waals surface area contributed by atoms with Gasteiger partial charge in [0.1, 0.15) is 5.75 Å². The van der Waals surface area contributed by atoms with Crippen molar-refractivity contribution in [3.63, 3.8) is 0 Å². The summed E-state index contributed by atoms with van der Waals surface area (Å²) < 4.78 is 5.60. The highest BCUT2D eigenvalue weighted by Crippen LogP contribution is 2.18. The lowest BCUT2D eigenvalue weighted by Crippen LogP contribution is -2.00. The second kappa shape index (κ2) is 7.45. The molecular formula is C14H12N6O. The van der Waals surface area contributed by atoms with Crippen LogP contribution >= 0.6 is 0 Å². The van der Waals surface area contributed by atoms with Crippen LogP contribution in [0.15, 0.2) is 58.8 Å². The summed E-state index contributed by atoms with van der Waals surface area (Å²) >= 11 is 0. The maximum atomic E-state index is 8.32. The topological polar surface area (TPSA) is 107 Å². The molecule has 0 aromatic heterocycles. The number of rotatable bonds is 6. The number of ether oxygens (including phenoxy) is 1. The van der Waals surface area contributed by atoms with E-state index in [4.69, 9.17) is 15.8 Å². The lowest BCUT2D eigenvalue weighted by Gasteiger charge is -2.06. The van der Waals surface area contributed by atoms with Crippen LogP contribution in [0.3, 0.4) is 0 Å². The van der Waals surface area contributed by atoms with Gasteiger partial charge in [-0.25, -0.2) is 0 Å². The first kappa shape index (κ1) is 14.3. The van der Waals surface area contributed by atoms with E-state index in [9.17, 15) is 0 Å². The SMILES string of the molecule is [N-]=[N+]=Nc1ccc(CCOc2ccc(N=[N+]=[N-])cc2)cc1. The smallest absolute Gasteiger partial charge is 0.119 e. The Kier molecular flexibility index (Phi) is 5.06. The molecule has 0 bridgehead atoms. The monoisotopic (exact) mass is 280 g/mol. The van der Waals surface area contributed by atoms with Gasteiger partial charge in [0.25, 0.3) is 0 Å². The maximum Gasteiger partial charge on any atom is 0.119 e. The van der Waals surface area contributed by atoms with Gasteiger partial charge in [0, 0.05) is 27.6 Å². The normalized spacial score (nSPS) is 9.33. The molecule has 0 atom stereocenters. The molecule has 2 aromatic carbocycles. The fourth-order valence-corrected chi connectivity index (χ4v) is 1.73. The van der Waals surface area contributed by atoms with Gasteiger partial charge in [0.15, 0.2) is 0 Å². The molecule has 2 aromatic rings. The first-order chi connectivity index (χ1) is 10.3. The fourth-order valence-electron chi connectivity index (χ4n) is 1.73. The van der Waals surface area contributed by atoms with Crippen LogP contribution in [-0.2, 0) is 6.42 Å². The van der Waals surface area contributed by atoms with Crippen LogP contribution in [0.25, 0.3) is 20.9 Å². The third-order valence-electron chi connectivity index (χ3n) is 2.75. The van der Waals surface area contributed by atoms with Gasteiger partial charge in [-0.2, -0.15) is 0 Å². The summed E-state index contributed by atoms with van der Waals surface area (Å²) in [6, 6.07) is 14.3. The molecule has 0 unspecified atom stereocenters. The van der Waals surface area contributed by atoms with Crippen LogP contribution < -0.4 is 4.74 Å². The van der Waals surface area contributed by atoms with E-state index in [2.05, 4.69) is 20.1 Å². The molecule has 21 heavy (non-hydrogen) atoms. The molecule has 0 saturated heterocycles. The first-order valence-electron chi connectivity index (χ1n) is 6.24. The van der Waals surface area contributed by atoms with Gasteiger partial charge in [-0.15, -0.1) is 0 Å². The molecule has 0 aliphatic rings. The largest absolute Gasteiger partial charge is 0.493 e. The van der Waals surface area contributed by atoms with Crippen molar-refractivity contribution in [1.82, 2.24) is 0 Å². The molecule has 0 saturated carbocycles. The molecule has 0 amide bonds. The van der Waals surface area contributed by atoms with E-state index in [1.54, 1.807) is 36.4 Å². The summed E-state index contributed by atoms with van der Waals surface area (Å²) in [4.78, 5) is 5.44. The number of hydrogen-bond donors (Lipinski definition) is 0. The van der Waals surface area contributed by atoms with Crippen molar-refractivity contribution >= 4 is 11.4 Å². The standard InChI is InChI=1S/C14H12N6O/c15-19-17-12-3-1-11(2-4-12)9-10-21-14-7-5-13(6-8-14)18-20-16/h1-8H,9-10H2. The zero-order valence-electron chi connectivity index (χ0n) is 11.1. The van der Waals surface area contributed by atoms with Gasteiger partial charge in [0.2, 0.25) is 0 Å². The number of nitrogens with zero attached hydrogens (tertiary/aromatic N) is 6. The van der Waals surface area contributed by atoms with Crippen molar-refractivity contribution in [3.05, 3.63) is 75.0 Å². The Morgan fingerprint density at radius 1 is 0.810 bits per heavy atom. The van der Waals surface area contributed by atoms with Crippen LogP contribution in [0, 0.1) is 0 Å². The van der Waals surface area contributed by atoms with Crippen LogP contribution in [-0.4, -0.2) is 6.61 Å². The van der Waals surface area contributed by atoms with E-state index in [-0.39, 0.29) is 0 Å². The van der Waals surface area contributed by atoms with Gasteiger partial charge < -0.3 is 4.74 Å². The molecule has 0 N–H and O–H groups in total. The van der Waals surface area contributed by atoms with Gasteiger partial charge in [-0.1, -0.05) is 34.5 Å². The highest BCUT2D eigenvalue weighted by Gasteiger charge is 1.97. The minimum atomic E-state index is 0.529. The Morgan fingerprint density at radius 3 is 1.86 bits per heavy atom. The summed E-state index contributed by atoms with van der Waals surface area (Å²) in [5.41, 5.74) is 18.9. The van der Waals surface area contributed by atoms with E-state index < -0.39 is 0 Å². The second-order valence-electron chi connectivity index (χ2n) is 4.14. The minimum Gasteiger partial charge on any atom is -0.493 e. The molecule has 0 radical (unpaired) electrons. The van der Waals surface area contributed by atoms with Crippen molar-refractivity contribution in [2.75, 3.05) is 6.61 Å². The number of benzene rings is 2. The summed E-state index contributed by atoms with van der Waals surface area (Å²) in [7, 11) is 0. The zero-order chi connectivity index (χ0) is 14.9. The number of hydrogen-bond acceptors (Lipinski definition) is 3. The second-order valence-corrected chi connectivity index (χ2v) is 4.14. The summed E-state index contributed by atoms with van der Waals surface area (Å²) in [5, 5.41) is 7.00. The molecule has 0 aliphatic heterocycles. The Bertz CT molecular complexity index is 621. The molecule has 104 valence electrons. The third kappa shape index (κ3) is 4.47. The maximum absolute atomic E-state index is 8.32. The summed E-state index contributed by atoms with van der Waals surface area (Å²) in [6.07, 6.45) is 0.745. The Hall–Kier alpha value is -3.14. The first-order valence-corrected chi connectivity index (χ1v) is 6.24. The van der Waals surface area contributed by atoms with Crippen LogP contribution in [0.2, 0.25) is 0 Å². The van der Waals surface area contributed by atoms with E-state index >= 15 is 0 Å². The Morgan fingerprint density at radius 2 is 1.33 bits per heavy atom. The van der Waals surface area contributed by atoms with Crippen molar-refractivity contribution in [2.45, 2.75) is 6.42 Å². The fraction of sp³-hybridized carbons (Fsp3) is 0.143. The lowest BCUT2D eigenvalue weighted by molar-refractivity contribution is 0.322. The predicted octanol–water partition coefficient (Wildman–Crippen LogP) is 5.19.